The van der Waals surface area contributed by atoms with Gasteiger partial charge < -0.3 is 4.90 Å². The zero-order chi connectivity index (χ0) is 15.1. The molecule has 0 unspecified atom stereocenters. The van der Waals surface area contributed by atoms with Crippen LogP contribution in [-0.2, 0) is 24.3 Å². The van der Waals surface area contributed by atoms with Gasteiger partial charge in [0.1, 0.15) is 11.6 Å². The number of hydrogen-bond donors (Lipinski definition) is 0. The van der Waals surface area contributed by atoms with E-state index in [9.17, 15) is 10.1 Å². The second-order valence-corrected chi connectivity index (χ2v) is 5.57. The van der Waals surface area contributed by atoms with E-state index in [2.05, 4.69) is 28.1 Å². The predicted octanol–water partition coefficient (Wildman–Crippen LogP) is 2.46. The molecule has 1 aromatic heterocycles. The summed E-state index contributed by atoms with van der Waals surface area (Å²) in [6.45, 7) is 1.42. The number of ketones is 1. The Kier molecular flexibility index (Phi) is 2.80. The number of benzene rings is 1. The van der Waals surface area contributed by atoms with Crippen LogP contribution < -0.4 is 0 Å². The Balaban J connectivity index is 1.85. The van der Waals surface area contributed by atoms with Gasteiger partial charge in [0.15, 0.2) is 5.78 Å². The number of aromatic nitrogens is 1. The summed E-state index contributed by atoms with van der Waals surface area (Å²) in [5, 5.41) is 9.45. The minimum Gasteiger partial charge on any atom is -0.360 e. The normalized spacial score (nSPS) is 16.3. The number of hydrogen-bond acceptors (Lipinski definition) is 4. The van der Waals surface area contributed by atoms with Gasteiger partial charge in [0.25, 0.3) is 0 Å². The zero-order valence-corrected chi connectivity index (χ0v) is 11.9. The molecule has 0 N–H and O–H groups in total. The van der Waals surface area contributed by atoms with Crippen molar-refractivity contribution in [3.05, 3.63) is 70.6 Å². The average molecular weight is 287 g/mol. The third kappa shape index (κ3) is 1.83. The van der Waals surface area contributed by atoms with Crippen LogP contribution in [0.25, 0.3) is 5.70 Å². The number of nitriles is 1. The molecule has 4 rings (SSSR count). The van der Waals surface area contributed by atoms with Gasteiger partial charge >= 0.3 is 0 Å². The third-order valence-electron chi connectivity index (χ3n) is 4.25. The lowest BCUT2D eigenvalue weighted by Crippen LogP contribution is -2.25. The largest absolute Gasteiger partial charge is 0.360 e. The Bertz CT molecular complexity index is 836. The van der Waals surface area contributed by atoms with Gasteiger partial charge in [-0.3, -0.25) is 9.78 Å². The van der Waals surface area contributed by atoms with Gasteiger partial charge in [-0.25, -0.2) is 0 Å². The van der Waals surface area contributed by atoms with Crippen LogP contribution in [0, 0.1) is 11.3 Å². The van der Waals surface area contributed by atoms with Crippen molar-refractivity contribution in [2.75, 3.05) is 0 Å². The minimum atomic E-state index is -0.117. The maximum atomic E-state index is 12.3. The molecule has 0 saturated heterocycles. The Morgan fingerprint density at radius 2 is 1.73 bits per heavy atom. The highest BCUT2D eigenvalue weighted by Gasteiger charge is 2.32. The molecule has 0 bridgehead atoms. The smallest absolute Gasteiger partial charge is 0.180 e. The molecule has 0 amide bonds. The van der Waals surface area contributed by atoms with Crippen LogP contribution in [0.4, 0.5) is 0 Å². The molecule has 22 heavy (non-hydrogen) atoms. The van der Waals surface area contributed by atoms with E-state index in [1.807, 2.05) is 24.3 Å². The summed E-state index contributed by atoms with van der Waals surface area (Å²) in [5.74, 6) is -0.117. The number of carbonyl (C=O) groups excluding carboxylic acids is 1. The van der Waals surface area contributed by atoms with Crippen molar-refractivity contribution in [1.82, 2.24) is 9.88 Å². The molecular formula is C18H13N3O. The van der Waals surface area contributed by atoms with Gasteiger partial charge in [-0.1, -0.05) is 30.3 Å². The van der Waals surface area contributed by atoms with Crippen LogP contribution in [0.2, 0.25) is 0 Å². The lowest BCUT2D eigenvalue weighted by molar-refractivity contribution is -0.114. The molecule has 2 heterocycles. The minimum absolute atomic E-state index is 0.117. The van der Waals surface area contributed by atoms with Crippen molar-refractivity contribution in [2.45, 2.75) is 19.5 Å². The SMILES string of the molecule is N#CC1=C(N2Cc3ccccc3C2)c2ncccc2CC1=O. The summed E-state index contributed by atoms with van der Waals surface area (Å²) in [6.07, 6.45) is 1.98. The maximum absolute atomic E-state index is 12.3. The fraction of sp³-hybridized carbons (Fsp3) is 0.167. The van der Waals surface area contributed by atoms with Crippen LogP contribution in [-0.4, -0.2) is 15.7 Å². The van der Waals surface area contributed by atoms with Crippen LogP contribution in [0.3, 0.4) is 0 Å². The van der Waals surface area contributed by atoms with Crippen molar-refractivity contribution >= 4 is 11.5 Å². The summed E-state index contributed by atoms with van der Waals surface area (Å²) < 4.78 is 0. The molecule has 0 radical (unpaired) electrons. The van der Waals surface area contributed by atoms with Crippen molar-refractivity contribution in [1.29, 1.82) is 5.26 Å². The van der Waals surface area contributed by atoms with E-state index in [4.69, 9.17) is 0 Å². The molecule has 0 saturated carbocycles. The maximum Gasteiger partial charge on any atom is 0.180 e. The molecular weight excluding hydrogens is 274 g/mol. The van der Waals surface area contributed by atoms with Crippen LogP contribution in [0.15, 0.2) is 48.2 Å². The zero-order valence-electron chi connectivity index (χ0n) is 11.9. The number of pyridine rings is 1. The Morgan fingerprint density at radius 1 is 1.05 bits per heavy atom. The molecule has 0 spiro atoms. The topological polar surface area (TPSA) is 57.0 Å². The molecule has 4 heteroatoms. The van der Waals surface area contributed by atoms with Crippen molar-refractivity contribution < 1.29 is 4.79 Å². The Labute approximate surface area is 128 Å². The molecule has 1 aliphatic carbocycles. The van der Waals surface area contributed by atoms with Gasteiger partial charge in [0, 0.05) is 25.7 Å². The van der Waals surface area contributed by atoms with E-state index in [1.165, 1.54) is 11.1 Å². The fourth-order valence-electron chi connectivity index (χ4n) is 3.22. The van der Waals surface area contributed by atoms with E-state index < -0.39 is 0 Å². The molecule has 2 aliphatic rings. The molecule has 0 fully saturated rings. The quantitative estimate of drug-likeness (QED) is 0.808. The van der Waals surface area contributed by atoms with Crippen LogP contribution in [0.1, 0.15) is 22.4 Å². The predicted molar refractivity (Wildman–Crippen MR) is 81.2 cm³/mol. The molecule has 0 atom stereocenters. The highest BCUT2D eigenvalue weighted by molar-refractivity contribution is 6.09. The van der Waals surface area contributed by atoms with Crippen molar-refractivity contribution in [3.8, 4) is 6.07 Å². The molecule has 1 aliphatic heterocycles. The van der Waals surface area contributed by atoms with Crippen molar-refractivity contribution in [3.63, 3.8) is 0 Å². The standard InChI is InChI=1S/C18H13N3O/c19-9-15-16(22)8-12-6-3-7-20-17(12)18(15)21-10-13-4-1-2-5-14(13)11-21/h1-7H,8,10-11H2. The number of nitrogens with zero attached hydrogens (tertiary/aromatic N) is 3. The van der Waals surface area contributed by atoms with E-state index >= 15 is 0 Å². The number of rotatable bonds is 1. The van der Waals surface area contributed by atoms with E-state index in [0.29, 0.717) is 18.8 Å². The summed E-state index contributed by atoms with van der Waals surface area (Å²) in [5.41, 5.74) is 5.07. The van der Waals surface area contributed by atoms with E-state index in [0.717, 1.165) is 11.3 Å². The van der Waals surface area contributed by atoms with Gasteiger partial charge in [0.05, 0.1) is 11.4 Å². The Morgan fingerprint density at radius 3 is 2.41 bits per heavy atom. The average Bonchev–Trinajstić information content (AvgIpc) is 2.97. The van der Waals surface area contributed by atoms with Gasteiger partial charge in [0.2, 0.25) is 0 Å². The van der Waals surface area contributed by atoms with Gasteiger partial charge in [-0.2, -0.15) is 5.26 Å². The number of allylic oxidation sites excluding steroid dienone is 1. The van der Waals surface area contributed by atoms with Gasteiger partial charge in [-0.05, 0) is 22.8 Å². The second kappa shape index (κ2) is 4.81. The lowest BCUT2D eigenvalue weighted by Gasteiger charge is -2.26. The second-order valence-electron chi connectivity index (χ2n) is 5.57. The third-order valence-corrected chi connectivity index (χ3v) is 4.25. The highest BCUT2D eigenvalue weighted by Crippen LogP contribution is 2.36. The monoisotopic (exact) mass is 287 g/mol. The number of Topliss-reactive ketones (excluding diaryl/α,β-unsaturated/α-hetero) is 1. The molecule has 106 valence electrons. The first-order chi connectivity index (χ1) is 10.8. The first-order valence-corrected chi connectivity index (χ1v) is 7.21. The Hall–Kier alpha value is -2.93. The van der Waals surface area contributed by atoms with E-state index in [-0.39, 0.29) is 17.8 Å². The number of fused-ring (bicyclic) bond motifs is 2. The summed E-state index contributed by atoms with van der Waals surface area (Å²) in [6, 6.07) is 14.1. The first kappa shape index (κ1) is 12.8. The fourth-order valence-corrected chi connectivity index (χ4v) is 3.22. The summed E-state index contributed by atoms with van der Waals surface area (Å²) in [7, 11) is 0. The number of carbonyl (C=O) groups is 1. The molecule has 2 aromatic rings. The lowest BCUT2D eigenvalue weighted by atomic mass is 9.91. The molecule has 4 nitrogen and oxygen atoms in total. The van der Waals surface area contributed by atoms with Crippen molar-refractivity contribution in [2.24, 2.45) is 0 Å². The van der Waals surface area contributed by atoms with Gasteiger partial charge in [-0.15, -0.1) is 0 Å². The molecule has 1 aromatic carbocycles. The summed E-state index contributed by atoms with van der Waals surface area (Å²) in [4.78, 5) is 18.8. The summed E-state index contributed by atoms with van der Waals surface area (Å²) >= 11 is 0. The van der Waals surface area contributed by atoms with E-state index in [1.54, 1.807) is 6.20 Å². The first-order valence-electron chi connectivity index (χ1n) is 7.21. The van der Waals surface area contributed by atoms with Crippen LogP contribution in [0.5, 0.6) is 0 Å². The van der Waals surface area contributed by atoms with Crippen LogP contribution >= 0.6 is 0 Å². The highest BCUT2D eigenvalue weighted by atomic mass is 16.1.